The van der Waals surface area contributed by atoms with Crippen LogP contribution in [0.2, 0.25) is 0 Å². The van der Waals surface area contributed by atoms with E-state index in [1.54, 1.807) is 18.5 Å². The minimum absolute atomic E-state index is 0. The van der Waals surface area contributed by atoms with Crippen molar-refractivity contribution in [1.82, 2.24) is 19.8 Å². The molecule has 0 aliphatic carbocycles. The first-order valence-electron chi connectivity index (χ1n) is 10.5. The van der Waals surface area contributed by atoms with Crippen molar-refractivity contribution in [3.63, 3.8) is 0 Å². The van der Waals surface area contributed by atoms with Crippen LogP contribution in [0, 0.1) is 0 Å². The SMILES string of the molecule is CCN(CC)/C([S-])=N/N=C(/C(=N/N=C(\[S-])N(CC)CC)c1ccccc1)c1ncccn1.[Cu+2]. The van der Waals surface area contributed by atoms with E-state index in [1.165, 1.54) is 0 Å². The van der Waals surface area contributed by atoms with Crippen molar-refractivity contribution in [2.24, 2.45) is 20.4 Å². The average Bonchev–Trinajstić information content (AvgIpc) is 2.83. The summed E-state index contributed by atoms with van der Waals surface area (Å²) in [5.41, 5.74) is 1.60. The van der Waals surface area contributed by atoms with Gasteiger partial charge in [-0.15, -0.1) is 10.2 Å². The van der Waals surface area contributed by atoms with E-state index in [4.69, 9.17) is 25.3 Å². The molecular weight excluding hydrogens is 504 g/mol. The van der Waals surface area contributed by atoms with Crippen LogP contribution >= 0.6 is 0 Å². The van der Waals surface area contributed by atoms with Crippen LogP contribution in [0.3, 0.4) is 0 Å². The molecule has 179 valence electrons. The molecule has 0 amide bonds. The van der Waals surface area contributed by atoms with E-state index in [9.17, 15) is 0 Å². The molecule has 1 heterocycles. The Labute approximate surface area is 217 Å². The number of benzene rings is 1. The minimum atomic E-state index is 0. The van der Waals surface area contributed by atoms with Gasteiger partial charge in [-0.2, -0.15) is 10.2 Å². The zero-order chi connectivity index (χ0) is 23.3. The van der Waals surface area contributed by atoms with Gasteiger partial charge in [-0.05, 0) is 33.8 Å². The molecule has 0 atom stereocenters. The van der Waals surface area contributed by atoms with Crippen LogP contribution in [0.15, 0.2) is 69.2 Å². The Morgan fingerprint density at radius 2 is 1.15 bits per heavy atom. The zero-order valence-corrected chi connectivity index (χ0v) is 21.7. The smallest absolute Gasteiger partial charge is 0.741 e. The van der Waals surface area contributed by atoms with Gasteiger partial charge < -0.3 is 35.1 Å². The molecule has 33 heavy (non-hydrogen) atoms. The van der Waals surface area contributed by atoms with Gasteiger partial charge >= 0.3 is 17.1 Å². The summed E-state index contributed by atoms with van der Waals surface area (Å²) in [6.07, 6.45) is 3.28. The fourth-order valence-electron chi connectivity index (χ4n) is 2.76. The van der Waals surface area contributed by atoms with Crippen LogP contribution in [-0.4, -0.2) is 67.7 Å². The number of amidine groups is 2. The fourth-order valence-corrected chi connectivity index (χ4v) is 3.36. The van der Waals surface area contributed by atoms with Gasteiger partial charge in [0.25, 0.3) is 0 Å². The standard InChI is InChI=1S/C22H30N8S2.Cu/c1-5-29(6-2)21(31)27-25-18(17-13-10-9-11-14-17)19(20-23-15-12-16-24-20)26-28-22(32)30(7-3)8-4;/h9-16H,5-8H2,1-4H3,(H,27,31)(H,28,32);/q;+2/p-2/b25-18+,26-19-;. The average molecular weight is 532 g/mol. The molecule has 0 saturated heterocycles. The number of aromatic nitrogens is 2. The summed E-state index contributed by atoms with van der Waals surface area (Å²) in [5, 5.41) is 18.3. The molecule has 0 N–H and O–H groups in total. The van der Waals surface area contributed by atoms with Gasteiger partial charge in [0.15, 0.2) is 11.5 Å². The van der Waals surface area contributed by atoms with Crippen molar-refractivity contribution in [2.75, 3.05) is 26.2 Å². The molecule has 1 radical (unpaired) electrons. The Morgan fingerprint density at radius 1 is 0.697 bits per heavy atom. The quantitative estimate of drug-likeness (QED) is 0.163. The summed E-state index contributed by atoms with van der Waals surface area (Å²) in [6, 6.07) is 11.3. The second-order valence-corrected chi connectivity index (χ2v) is 7.18. The van der Waals surface area contributed by atoms with Gasteiger partial charge in [0.1, 0.15) is 5.71 Å². The molecule has 0 bridgehead atoms. The van der Waals surface area contributed by atoms with Crippen LogP contribution in [0.1, 0.15) is 39.1 Å². The van der Waals surface area contributed by atoms with Crippen molar-refractivity contribution in [3.8, 4) is 0 Å². The van der Waals surface area contributed by atoms with Crippen LogP contribution in [0.4, 0.5) is 0 Å². The Morgan fingerprint density at radius 3 is 1.61 bits per heavy atom. The molecule has 0 spiro atoms. The van der Waals surface area contributed by atoms with Gasteiger partial charge in [-0.3, -0.25) is 0 Å². The normalized spacial score (nSPS) is 12.8. The predicted molar refractivity (Wildman–Crippen MR) is 137 cm³/mol. The summed E-state index contributed by atoms with van der Waals surface area (Å²) in [4.78, 5) is 12.6. The Balaban J connectivity index is 0.00000544. The minimum Gasteiger partial charge on any atom is -0.741 e. The van der Waals surface area contributed by atoms with E-state index in [2.05, 4.69) is 30.4 Å². The molecule has 0 saturated carbocycles. The molecule has 11 heteroatoms. The summed E-state index contributed by atoms with van der Waals surface area (Å²) >= 11 is 10.9. The molecule has 1 aromatic carbocycles. The number of hydrogen-bond acceptors (Lipinski definition) is 8. The Kier molecular flexibility index (Phi) is 13.3. The first-order valence-corrected chi connectivity index (χ1v) is 11.4. The third-order valence-electron chi connectivity index (χ3n) is 4.59. The maximum atomic E-state index is 5.45. The number of nitrogens with zero attached hydrogens (tertiary/aromatic N) is 8. The molecule has 8 nitrogen and oxygen atoms in total. The van der Waals surface area contributed by atoms with Crippen molar-refractivity contribution < 1.29 is 17.1 Å². The van der Waals surface area contributed by atoms with E-state index in [1.807, 2.05) is 67.8 Å². The van der Waals surface area contributed by atoms with E-state index in [-0.39, 0.29) is 17.1 Å². The number of rotatable bonds is 9. The van der Waals surface area contributed by atoms with Crippen LogP contribution in [0.25, 0.3) is 0 Å². The Bertz CT molecular complexity index is 877. The third-order valence-corrected chi connectivity index (χ3v) is 5.27. The second-order valence-electron chi connectivity index (χ2n) is 6.45. The summed E-state index contributed by atoms with van der Waals surface area (Å²) in [5.74, 6) is 0.366. The van der Waals surface area contributed by atoms with Gasteiger partial charge in [-0.1, -0.05) is 30.3 Å². The van der Waals surface area contributed by atoms with Crippen molar-refractivity contribution >= 4 is 47.0 Å². The first-order chi connectivity index (χ1) is 15.5. The van der Waals surface area contributed by atoms with Crippen molar-refractivity contribution in [2.45, 2.75) is 27.7 Å². The van der Waals surface area contributed by atoms with Crippen LogP contribution < -0.4 is 0 Å². The van der Waals surface area contributed by atoms with E-state index >= 15 is 0 Å². The topological polar surface area (TPSA) is 81.7 Å². The third kappa shape index (κ3) is 8.43. The second kappa shape index (κ2) is 15.4. The summed E-state index contributed by atoms with van der Waals surface area (Å²) in [6.45, 7) is 11.0. The number of hydrogen-bond donors (Lipinski definition) is 0. The summed E-state index contributed by atoms with van der Waals surface area (Å²) < 4.78 is 0. The van der Waals surface area contributed by atoms with Crippen LogP contribution in [-0.2, 0) is 42.3 Å². The van der Waals surface area contributed by atoms with Gasteiger partial charge in [0.2, 0.25) is 0 Å². The van der Waals surface area contributed by atoms with E-state index in [0.29, 0.717) is 27.6 Å². The van der Waals surface area contributed by atoms with Crippen LogP contribution in [0.5, 0.6) is 0 Å². The Hall–Kier alpha value is -2.46. The monoisotopic (exact) mass is 531 g/mol. The molecule has 0 aliphatic rings. The first kappa shape index (κ1) is 28.6. The molecule has 0 unspecified atom stereocenters. The molecular formula is C22H28CuN8S2. The van der Waals surface area contributed by atoms with Gasteiger partial charge in [0.05, 0.1) is 0 Å². The molecule has 0 aliphatic heterocycles. The van der Waals surface area contributed by atoms with Gasteiger partial charge in [-0.25, -0.2) is 9.97 Å². The molecule has 2 rings (SSSR count). The zero-order valence-electron chi connectivity index (χ0n) is 19.1. The molecule has 1 aromatic heterocycles. The molecule has 2 aromatic rings. The molecule has 0 fully saturated rings. The maximum Gasteiger partial charge on any atom is 2.00 e. The maximum absolute atomic E-state index is 5.45. The van der Waals surface area contributed by atoms with Crippen molar-refractivity contribution in [1.29, 1.82) is 0 Å². The van der Waals surface area contributed by atoms with Gasteiger partial charge in [0, 0.05) is 54.5 Å². The predicted octanol–water partition coefficient (Wildman–Crippen LogP) is 3.07. The fraction of sp³-hybridized carbons (Fsp3) is 0.364. The van der Waals surface area contributed by atoms with E-state index in [0.717, 1.165) is 31.7 Å². The summed E-state index contributed by atoms with van der Waals surface area (Å²) in [7, 11) is 0. The van der Waals surface area contributed by atoms with Crippen molar-refractivity contribution in [3.05, 3.63) is 60.2 Å². The largest absolute Gasteiger partial charge is 2.00 e. The van der Waals surface area contributed by atoms with E-state index < -0.39 is 0 Å².